The lowest BCUT2D eigenvalue weighted by Crippen LogP contribution is -2.28. The van der Waals surface area contributed by atoms with E-state index in [0.717, 1.165) is 45.4 Å². The predicted octanol–water partition coefficient (Wildman–Crippen LogP) is 8.29. The molecule has 0 aliphatic carbocycles. The molecule has 2 unspecified atom stereocenters. The van der Waals surface area contributed by atoms with Gasteiger partial charge in [0.25, 0.3) is 0 Å². The third-order valence-corrected chi connectivity index (χ3v) is 7.50. The highest BCUT2D eigenvalue weighted by atomic mass is 16.3. The largest absolute Gasteiger partial charge is 0.392 e. The maximum atomic E-state index is 10.1. The van der Waals surface area contributed by atoms with E-state index in [1.165, 1.54) is 135 Å². The Kier molecular flexibility index (Phi) is 30.9. The second-order valence-corrected chi connectivity index (χ2v) is 11.4. The number of hydrogen-bond donors (Lipinski definition) is 4. The van der Waals surface area contributed by atoms with Gasteiger partial charge in [0, 0.05) is 13.1 Å². The molecule has 0 bridgehead atoms. The van der Waals surface area contributed by atoms with E-state index < -0.39 is 0 Å². The molecule has 0 aromatic heterocycles. The number of aliphatic hydroxyl groups is 2. The van der Waals surface area contributed by atoms with Crippen LogP contribution >= 0.6 is 0 Å². The SMILES string of the molecule is CCCCCCCCCCCCC(O)CNCCCCCCNCC(O)CCCCCCCCCC. The van der Waals surface area contributed by atoms with Crippen LogP contribution in [0.3, 0.4) is 0 Å². The first-order valence-corrected chi connectivity index (χ1v) is 16.5. The van der Waals surface area contributed by atoms with E-state index in [9.17, 15) is 10.2 Å². The van der Waals surface area contributed by atoms with Crippen molar-refractivity contribution in [1.29, 1.82) is 0 Å². The summed E-state index contributed by atoms with van der Waals surface area (Å²) >= 11 is 0. The quantitative estimate of drug-likeness (QED) is 0.0705. The van der Waals surface area contributed by atoms with Crippen LogP contribution in [-0.2, 0) is 0 Å². The van der Waals surface area contributed by atoms with E-state index in [1.54, 1.807) is 0 Å². The maximum Gasteiger partial charge on any atom is 0.0664 e. The molecule has 0 aliphatic heterocycles. The molecule has 0 heterocycles. The van der Waals surface area contributed by atoms with Crippen LogP contribution in [0.5, 0.6) is 0 Å². The molecule has 218 valence electrons. The summed E-state index contributed by atoms with van der Waals surface area (Å²) in [7, 11) is 0. The maximum absolute atomic E-state index is 10.1. The van der Waals surface area contributed by atoms with Crippen molar-refractivity contribution in [2.45, 2.75) is 180 Å². The molecule has 0 spiro atoms. The van der Waals surface area contributed by atoms with Crippen molar-refractivity contribution in [3.63, 3.8) is 0 Å². The molecule has 0 saturated carbocycles. The number of nitrogens with one attached hydrogen (secondary N) is 2. The average molecular weight is 513 g/mol. The molecule has 0 radical (unpaired) electrons. The number of rotatable bonds is 31. The fourth-order valence-corrected chi connectivity index (χ4v) is 4.98. The van der Waals surface area contributed by atoms with E-state index in [1.807, 2.05) is 0 Å². The molecule has 36 heavy (non-hydrogen) atoms. The van der Waals surface area contributed by atoms with Crippen molar-refractivity contribution in [1.82, 2.24) is 10.6 Å². The lowest BCUT2D eigenvalue weighted by atomic mass is 10.0. The van der Waals surface area contributed by atoms with Crippen LogP contribution in [0, 0.1) is 0 Å². The summed E-state index contributed by atoms with van der Waals surface area (Å²) in [5, 5.41) is 27.1. The minimum Gasteiger partial charge on any atom is -0.392 e. The monoisotopic (exact) mass is 513 g/mol. The van der Waals surface area contributed by atoms with E-state index in [-0.39, 0.29) is 12.2 Å². The lowest BCUT2D eigenvalue weighted by molar-refractivity contribution is 0.157. The van der Waals surface area contributed by atoms with E-state index >= 15 is 0 Å². The molecule has 0 aliphatic rings. The Morgan fingerprint density at radius 2 is 0.667 bits per heavy atom. The Labute approximate surface area is 227 Å². The summed E-state index contributed by atoms with van der Waals surface area (Å²) in [6.45, 7) is 8.06. The molecule has 0 amide bonds. The fraction of sp³-hybridized carbons (Fsp3) is 1.00. The molecule has 0 aromatic carbocycles. The van der Waals surface area contributed by atoms with Crippen LogP contribution in [0.2, 0.25) is 0 Å². The third kappa shape index (κ3) is 30.1. The molecular weight excluding hydrogens is 444 g/mol. The molecule has 4 heteroatoms. The standard InChI is InChI=1S/C32H68N2O2/c1-3-5-7-9-11-13-14-16-18-22-26-32(36)30-34-28-24-20-19-23-27-33-29-31(35)25-21-17-15-12-10-8-6-4-2/h31-36H,3-30H2,1-2H3. The van der Waals surface area contributed by atoms with Crippen LogP contribution in [0.25, 0.3) is 0 Å². The minimum absolute atomic E-state index is 0.180. The van der Waals surface area contributed by atoms with Gasteiger partial charge < -0.3 is 20.8 Å². The summed E-state index contributed by atoms with van der Waals surface area (Å²) in [4.78, 5) is 0. The van der Waals surface area contributed by atoms with Crippen molar-refractivity contribution in [2.75, 3.05) is 26.2 Å². The number of hydrogen-bond acceptors (Lipinski definition) is 4. The zero-order valence-electron chi connectivity index (χ0n) is 24.8. The molecule has 0 fully saturated rings. The van der Waals surface area contributed by atoms with Gasteiger partial charge in [-0.15, -0.1) is 0 Å². The first-order valence-electron chi connectivity index (χ1n) is 16.5. The Morgan fingerprint density at radius 1 is 0.389 bits per heavy atom. The average Bonchev–Trinajstić information content (AvgIpc) is 2.87. The summed E-state index contributed by atoms with van der Waals surface area (Å²) in [5.41, 5.74) is 0. The Bertz CT molecular complexity index is 394. The van der Waals surface area contributed by atoms with Gasteiger partial charge >= 0.3 is 0 Å². The minimum atomic E-state index is -0.180. The molecule has 0 rings (SSSR count). The highest BCUT2D eigenvalue weighted by molar-refractivity contribution is 4.62. The zero-order chi connectivity index (χ0) is 26.4. The van der Waals surface area contributed by atoms with Crippen molar-refractivity contribution < 1.29 is 10.2 Å². The van der Waals surface area contributed by atoms with Gasteiger partial charge in [0.2, 0.25) is 0 Å². The first kappa shape index (κ1) is 35.8. The van der Waals surface area contributed by atoms with Crippen LogP contribution < -0.4 is 10.6 Å². The van der Waals surface area contributed by atoms with Gasteiger partial charge in [-0.25, -0.2) is 0 Å². The normalized spacial score (nSPS) is 13.3. The van der Waals surface area contributed by atoms with Gasteiger partial charge in [-0.2, -0.15) is 0 Å². The summed E-state index contributed by atoms with van der Waals surface area (Å²) in [5.74, 6) is 0. The van der Waals surface area contributed by atoms with Crippen molar-refractivity contribution in [3.8, 4) is 0 Å². The van der Waals surface area contributed by atoms with Crippen LogP contribution in [0.15, 0.2) is 0 Å². The molecule has 2 atom stereocenters. The van der Waals surface area contributed by atoms with Crippen LogP contribution in [0.4, 0.5) is 0 Å². The van der Waals surface area contributed by atoms with Crippen molar-refractivity contribution >= 4 is 0 Å². The summed E-state index contributed by atoms with van der Waals surface area (Å²) in [6, 6.07) is 0. The zero-order valence-corrected chi connectivity index (χ0v) is 24.8. The molecule has 0 aromatic rings. The van der Waals surface area contributed by atoms with Gasteiger partial charge in [-0.1, -0.05) is 142 Å². The van der Waals surface area contributed by atoms with Crippen LogP contribution in [0.1, 0.15) is 168 Å². The lowest BCUT2D eigenvalue weighted by Gasteiger charge is -2.12. The summed E-state index contributed by atoms with van der Waals surface area (Å²) in [6.07, 6.45) is 30.5. The van der Waals surface area contributed by atoms with Crippen LogP contribution in [-0.4, -0.2) is 48.6 Å². The summed E-state index contributed by atoms with van der Waals surface area (Å²) < 4.78 is 0. The van der Waals surface area contributed by atoms with Gasteiger partial charge in [0.05, 0.1) is 12.2 Å². The van der Waals surface area contributed by atoms with Gasteiger partial charge in [0.15, 0.2) is 0 Å². The van der Waals surface area contributed by atoms with Crippen molar-refractivity contribution in [3.05, 3.63) is 0 Å². The topological polar surface area (TPSA) is 64.5 Å². The van der Waals surface area contributed by atoms with Gasteiger partial charge in [-0.3, -0.25) is 0 Å². The molecular formula is C32H68N2O2. The molecule has 0 saturated heterocycles. The van der Waals surface area contributed by atoms with E-state index in [4.69, 9.17) is 0 Å². The Morgan fingerprint density at radius 3 is 1.00 bits per heavy atom. The smallest absolute Gasteiger partial charge is 0.0664 e. The second-order valence-electron chi connectivity index (χ2n) is 11.4. The van der Waals surface area contributed by atoms with E-state index in [2.05, 4.69) is 24.5 Å². The number of unbranched alkanes of at least 4 members (excludes halogenated alkanes) is 19. The fourth-order valence-electron chi connectivity index (χ4n) is 4.98. The molecule has 4 nitrogen and oxygen atoms in total. The number of aliphatic hydroxyl groups excluding tert-OH is 2. The Balaban J connectivity index is 3.22. The Hall–Kier alpha value is -0.160. The molecule has 4 N–H and O–H groups in total. The van der Waals surface area contributed by atoms with Gasteiger partial charge in [-0.05, 0) is 38.8 Å². The van der Waals surface area contributed by atoms with Gasteiger partial charge in [0.1, 0.15) is 0 Å². The van der Waals surface area contributed by atoms with Crippen molar-refractivity contribution in [2.24, 2.45) is 0 Å². The van der Waals surface area contributed by atoms with E-state index in [0.29, 0.717) is 0 Å². The third-order valence-electron chi connectivity index (χ3n) is 7.50. The highest BCUT2D eigenvalue weighted by Crippen LogP contribution is 2.12. The predicted molar refractivity (Wildman–Crippen MR) is 160 cm³/mol. The second kappa shape index (κ2) is 31.1. The first-order chi connectivity index (χ1) is 17.7. The highest BCUT2D eigenvalue weighted by Gasteiger charge is 2.04.